The van der Waals surface area contributed by atoms with Gasteiger partial charge in [-0.25, -0.2) is 4.68 Å². The SMILES string of the molecule is COc1ccc(NC(=O)c2ccc(=O)n(CC(=O)Nc3cccc(Cl)c3Cl)n2)cc1. The van der Waals surface area contributed by atoms with E-state index in [-0.39, 0.29) is 15.7 Å². The van der Waals surface area contributed by atoms with E-state index in [4.69, 9.17) is 27.9 Å². The Labute approximate surface area is 181 Å². The van der Waals surface area contributed by atoms with Crippen LogP contribution in [-0.4, -0.2) is 28.7 Å². The molecule has 2 amide bonds. The number of hydrogen-bond acceptors (Lipinski definition) is 5. The van der Waals surface area contributed by atoms with Gasteiger partial charge in [0, 0.05) is 11.8 Å². The number of benzene rings is 2. The number of methoxy groups -OCH3 is 1. The van der Waals surface area contributed by atoms with Gasteiger partial charge in [0.2, 0.25) is 5.91 Å². The first kappa shape index (κ1) is 21.4. The normalized spacial score (nSPS) is 10.4. The molecule has 0 bridgehead atoms. The van der Waals surface area contributed by atoms with Crippen LogP contribution in [0.4, 0.5) is 11.4 Å². The van der Waals surface area contributed by atoms with Gasteiger partial charge in [-0.2, -0.15) is 5.10 Å². The van der Waals surface area contributed by atoms with Crippen LogP contribution in [-0.2, 0) is 11.3 Å². The lowest BCUT2D eigenvalue weighted by Crippen LogP contribution is -2.31. The molecule has 3 rings (SSSR count). The number of halogens is 2. The van der Waals surface area contributed by atoms with Gasteiger partial charge in [-0.3, -0.25) is 14.4 Å². The van der Waals surface area contributed by atoms with Crippen LogP contribution in [0.3, 0.4) is 0 Å². The fourth-order valence-electron chi connectivity index (χ4n) is 2.48. The van der Waals surface area contributed by atoms with Crippen LogP contribution >= 0.6 is 23.2 Å². The zero-order valence-electron chi connectivity index (χ0n) is 15.7. The second-order valence-corrected chi connectivity index (χ2v) is 6.83. The summed E-state index contributed by atoms with van der Waals surface area (Å²) >= 11 is 12.0. The average Bonchev–Trinajstić information content (AvgIpc) is 2.73. The first-order valence-electron chi connectivity index (χ1n) is 8.65. The first-order valence-corrected chi connectivity index (χ1v) is 9.40. The zero-order valence-corrected chi connectivity index (χ0v) is 17.2. The highest BCUT2D eigenvalue weighted by molar-refractivity contribution is 6.43. The van der Waals surface area contributed by atoms with Gasteiger partial charge in [0.25, 0.3) is 11.5 Å². The molecule has 30 heavy (non-hydrogen) atoms. The van der Waals surface area contributed by atoms with Crippen molar-refractivity contribution in [1.82, 2.24) is 9.78 Å². The molecule has 0 saturated heterocycles. The molecule has 0 unspecified atom stereocenters. The third kappa shape index (κ3) is 5.16. The molecule has 0 spiro atoms. The van der Waals surface area contributed by atoms with E-state index in [0.29, 0.717) is 17.1 Å². The molecular weight excluding hydrogens is 431 g/mol. The second kappa shape index (κ2) is 9.43. The third-order valence-electron chi connectivity index (χ3n) is 3.97. The fraction of sp³-hybridized carbons (Fsp3) is 0.100. The van der Waals surface area contributed by atoms with E-state index < -0.39 is 23.9 Å². The largest absolute Gasteiger partial charge is 0.497 e. The molecule has 1 aromatic heterocycles. The van der Waals surface area contributed by atoms with Gasteiger partial charge in [0.1, 0.15) is 18.0 Å². The van der Waals surface area contributed by atoms with Crippen molar-refractivity contribution in [2.24, 2.45) is 0 Å². The number of carbonyl (C=O) groups is 2. The van der Waals surface area contributed by atoms with E-state index in [1.54, 1.807) is 42.5 Å². The molecule has 0 atom stereocenters. The highest BCUT2D eigenvalue weighted by Gasteiger charge is 2.14. The number of rotatable bonds is 6. The number of amides is 2. The van der Waals surface area contributed by atoms with E-state index >= 15 is 0 Å². The second-order valence-electron chi connectivity index (χ2n) is 6.05. The minimum atomic E-state index is -0.554. The summed E-state index contributed by atoms with van der Waals surface area (Å²) in [5.74, 6) is -0.445. The molecule has 10 heteroatoms. The molecule has 2 N–H and O–H groups in total. The summed E-state index contributed by atoms with van der Waals surface area (Å²) in [4.78, 5) is 36.8. The Morgan fingerprint density at radius 3 is 2.47 bits per heavy atom. The Balaban J connectivity index is 1.72. The molecule has 0 saturated carbocycles. The fourth-order valence-corrected chi connectivity index (χ4v) is 2.83. The number of aromatic nitrogens is 2. The van der Waals surface area contributed by atoms with Crippen molar-refractivity contribution in [2.75, 3.05) is 17.7 Å². The topological polar surface area (TPSA) is 102 Å². The summed E-state index contributed by atoms with van der Waals surface area (Å²) in [6.45, 7) is -0.411. The van der Waals surface area contributed by atoms with Gasteiger partial charge in [0.15, 0.2) is 0 Å². The van der Waals surface area contributed by atoms with Gasteiger partial charge in [0.05, 0.1) is 22.8 Å². The van der Waals surface area contributed by atoms with Gasteiger partial charge >= 0.3 is 0 Å². The summed E-state index contributed by atoms with van der Waals surface area (Å²) < 4.78 is 5.95. The molecule has 0 aliphatic heterocycles. The summed E-state index contributed by atoms with van der Waals surface area (Å²) in [5.41, 5.74) is 0.256. The van der Waals surface area contributed by atoms with Crippen LogP contribution in [0.5, 0.6) is 5.75 Å². The standard InChI is InChI=1S/C20H16Cl2N4O4/c1-30-13-7-5-12(6-8-13)23-20(29)16-9-10-18(28)26(25-16)11-17(27)24-15-4-2-3-14(21)19(15)22/h2-10H,11H2,1H3,(H,23,29)(H,24,27). The zero-order chi connectivity index (χ0) is 21.7. The maximum absolute atomic E-state index is 12.4. The molecule has 0 radical (unpaired) electrons. The van der Waals surface area contributed by atoms with Crippen LogP contribution in [0.15, 0.2) is 59.4 Å². The maximum atomic E-state index is 12.4. The van der Waals surface area contributed by atoms with Crippen molar-refractivity contribution >= 4 is 46.4 Å². The average molecular weight is 447 g/mol. The van der Waals surface area contributed by atoms with Gasteiger partial charge in [-0.05, 0) is 42.5 Å². The molecule has 2 aromatic carbocycles. The Morgan fingerprint density at radius 1 is 1.03 bits per heavy atom. The third-order valence-corrected chi connectivity index (χ3v) is 4.79. The van der Waals surface area contributed by atoms with E-state index in [1.165, 1.54) is 13.2 Å². The lowest BCUT2D eigenvalue weighted by atomic mass is 10.3. The number of nitrogens with one attached hydrogen (secondary N) is 2. The lowest BCUT2D eigenvalue weighted by Gasteiger charge is -2.10. The number of carbonyl (C=O) groups excluding carboxylic acids is 2. The number of nitrogens with zero attached hydrogens (tertiary/aromatic N) is 2. The lowest BCUT2D eigenvalue weighted by molar-refractivity contribution is -0.117. The quantitative estimate of drug-likeness (QED) is 0.603. The maximum Gasteiger partial charge on any atom is 0.276 e. The predicted octanol–water partition coefficient (Wildman–Crippen LogP) is 3.45. The van der Waals surface area contributed by atoms with Crippen LogP contribution in [0.2, 0.25) is 10.0 Å². The summed E-state index contributed by atoms with van der Waals surface area (Å²) in [6.07, 6.45) is 0. The molecule has 154 valence electrons. The van der Waals surface area contributed by atoms with Gasteiger partial charge in [-0.1, -0.05) is 29.3 Å². The molecule has 0 fully saturated rings. The Hall–Kier alpha value is -3.36. The van der Waals surface area contributed by atoms with Crippen LogP contribution in [0.1, 0.15) is 10.5 Å². The number of anilines is 2. The van der Waals surface area contributed by atoms with Crippen molar-refractivity contribution in [3.8, 4) is 5.75 Å². The minimum Gasteiger partial charge on any atom is -0.497 e. The van der Waals surface area contributed by atoms with Crippen molar-refractivity contribution in [2.45, 2.75) is 6.54 Å². The van der Waals surface area contributed by atoms with E-state index in [1.807, 2.05) is 0 Å². The molecule has 0 aliphatic carbocycles. The molecule has 0 aliphatic rings. The Bertz CT molecular complexity index is 1150. The van der Waals surface area contributed by atoms with Gasteiger partial charge in [-0.15, -0.1) is 0 Å². The highest BCUT2D eigenvalue weighted by atomic mass is 35.5. The van der Waals surface area contributed by atoms with E-state index in [2.05, 4.69) is 15.7 Å². The van der Waals surface area contributed by atoms with Crippen LogP contribution in [0, 0.1) is 0 Å². The van der Waals surface area contributed by atoms with Crippen LogP contribution in [0.25, 0.3) is 0 Å². The molecule has 8 nitrogen and oxygen atoms in total. The van der Waals surface area contributed by atoms with Crippen molar-refractivity contribution < 1.29 is 14.3 Å². The molecular formula is C20H16Cl2N4O4. The summed E-state index contributed by atoms with van der Waals surface area (Å²) in [6, 6.07) is 13.9. The minimum absolute atomic E-state index is 0.0287. The number of hydrogen-bond donors (Lipinski definition) is 2. The smallest absolute Gasteiger partial charge is 0.276 e. The Morgan fingerprint density at radius 2 is 1.77 bits per heavy atom. The van der Waals surface area contributed by atoms with E-state index in [9.17, 15) is 14.4 Å². The van der Waals surface area contributed by atoms with Crippen molar-refractivity contribution in [3.05, 3.63) is 80.7 Å². The van der Waals surface area contributed by atoms with E-state index in [0.717, 1.165) is 10.7 Å². The first-order chi connectivity index (χ1) is 14.4. The van der Waals surface area contributed by atoms with Gasteiger partial charge < -0.3 is 15.4 Å². The number of ether oxygens (including phenoxy) is 1. The van der Waals surface area contributed by atoms with Crippen molar-refractivity contribution in [1.29, 1.82) is 0 Å². The predicted molar refractivity (Wildman–Crippen MR) is 115 cm³/mol. The molecule has 1 heterocycles. The van der Waals surface area contributed by atoms with Crippen molar-refractivity contribution in [3.63, 3.8) is 0 Å². The van der Waals surface area contributed by atoms with Crippen LogP contribution < -0.4 is 20.9 Å². The highest BCUT2D eigenvalue weighted by Crippen LogP contribution is 2.29. The monoisotopic (exact) mass is 446 g/mol. The Kier molecular flexibility index (Phi) is 6.71. The summed E-state index contributed by atoms with van der Waals surface area (Å²) in [5, 5.41) is 9.65. The summed E-state index contributed by atoms with van der Waals surface area (Å²) in [7, 11) is 1.54. The molecule has 3 aromatic rings.